The number of nitrogens with zero attached hydrogens (tertiary/aromatic N) is 1. The van der Waals surface area contributed by atoms with Crippen LogP contribution >= 0.6 is 0 Å². The van der Waals surface area contributed by atoms with E-state index in [4.69, 9.17) is 14.2 Å². The van der Waals surface area contributed by atoms with E-state index in [2.05, 4.69) is 5.32 Å². The first-order valence-corrected chi connectivity index (χ1v) is 8.52. The van der Waals surface area contributed by atoms with Crippen molar-refractivity contribution in [3.63, 3.8) is 0 Å². The van der Waals surface area contributed by atoms with Crippen LogP contribution in [0.15, 0.2) is 42.5 Å². The van der Waals surface area contributed by atoms with Gasteiger partial charge in [0.05, 0.1) is 13.2 Å². The van der Waals surface area contributed by atoms with Gasteiger partial charge in [0, 0.05) is 18.3 Å². The number of anilines is 1. The Morgan fingerprint density at radius 1 is 1.04 bits per heavy atom. The van der Waals surface area contributed by atoms with Crippen LogP contribution in [0.1, 0.15) is 11.7 Å². The molecule has 136 valence electrons. The molecule has 4 rings (SSSR count). The predicted octanol–water partition coefficient (Wildman–Crippen LogP) is 3.20. The number of morpholine rings is 1. The summed E-state index contributed by atoms with van der Waals surface area (Å²) in [5.74, 6) is 1.01. The Bertz CT molecular complexity index is 797. The van der Waals surface area contributed by atoms with Gasteiger partial charge in [-0.05, 0) is 29.8 Å². The lowest BCUT2D eigenvalue weighted by Gasteiger charge is -2.33. The van der Waals surface area contributed by atoms with Crippen molar-refractivity contribution in [2.75, 3.05) is 38.2 Å². The second-order valence-electron chi connectivity index (χ2n) is 6.15. The van der Waals surface area contributed by atoms with Gasteiger partial charge in [-0.25, -0.2) is 9.18 Å². The number of fused-ring (bicyclic) bond motifs is 1. The van der Waals surface area contributed by atoms with Crippen molar-refractivity contribution in [1.29, 1.82) is 0 Å². The molecule has 2 amide bonds. The molecule has 0 aliphatic carbocycles. The third-order valence-electron chi connectivity index (χ3n) is 4.39. The van der Waals surface area contributed by atoms with E-state index in [1.165, 1.54) is 12.1 Å². The summed E-state index contributed by atoms with van der Waals surface area (Å²) in [6.45, 7) is 2.34. The van der Waals surface area contributed by atoms with E-state index in [1.54, 1.807) is 35.2 Å². The Morgan fingerprint density at radius 2 is 1.81 bits per heavy atom. The minimum atomic E-state index is -0.294. The van der Waals surface area contributed by atoms with Crippen molar-refractivity contribution >= 4 is 11.7 Å². The highest BCUT2D eigenvalue weighted by Gasteiger charge is 2.26. The summed E-state index contributed by atoms with van der Waals surface area (Å²) in [6.07, 6.45) is -0.268. The molecule has 2 aromatic carbocycles. The zero-order valence-corrected chi connectivity index (χ0v) is 14.1. The number of urea groups is 1. The monoisotopic (exact) mass is 358 g/mol. The Hall–Kier alpha value is -2.80. The molecule has 1 N–H and O–H groups in total. The maximum atomic E-state index is 13.1. The number of carbonyl (C=O) groups is 1. The van der Waals surface area contributed by atoms with E-state index in [1.807, 2.05) is 0 Å². The van der Waals surface area contributed by atoms with Crippen LogP contribution in [0.2, 0.25) is 0 Å². The number of carbonyl (C=O) groups excluding carboxylic acids is 1. The summed E-state index contributed by atoms with van der Waals surface area (Å²) in [6, 6.07) is 11.3. The van der Waals surface area contributed by atoms with E-state index >= 15 is 0 Å². The normalized spacial score (nSPS) is 19.1. The van der Waals surface area contributed by atoms with E-state index in [9.17, 15) is 9.18 Å². The molecule has 2 aliphatic rings. The fourth-order valence-corrected chi connectivity index (χ4v) is 3.04. The van der Waals surface area contributed by atoms with Gasteiger partial charge >= 0.3 is 6.03 Å². The summed E-state index contributed by atoms with van der Waals surface area (Å²) in [5.41, 5.74) is 1.49. The number of hydrogen-bond acceptors (Lipinski definition) is 4. The van der Waals surface area contributed by atoms with E-state index in [0.717, 1.165) is 5.56 Å². The summed E-state index contributed by atoms with van der Waals surface area (Å²) >= 11 is 0. The molecule has 0 unspecified atom stereocenters. The summed E-state index contributed by atoms with van der Waals surface area (Å²) in [5, 5.41) is 2.88. The number of nitrogens with one attached hydrogen (secondary N) is 1. The van der Waals surface area contributed by atoms with Gasteiger partial charge in [-0.15, -0.1) is 0 Å². The maximum absolute atomic E-state index is 13.1. The first kappa shape index (κ1) is 16.7. The van der Waals surface area contributed by atoms with Crippen LogP contribution in [0.5, 0.6) is 11.5 Å². The van der Waals surface area contributed by atoms with Crippen molar-refractivity contribution in [2.45, 2.75) is 6.10 Å². The van der Waals surface area contributed by atoms with Gasteiger partial charge in [0.25, 0.3) is 0 Å². The number of benzene rings is 2. The molecule has 0 bridgehead atoms. The highest BCUT2D eigenvalue weighted by Crippen LogP contribution is 2.32. The van der Waals surface area contributed by atoms with Crippen molar-refractivity contribution in [2.24, 2.45) is 0 Å². The lowest BCUT2D eigenvalue weighted by Crippen LogP contribution is -2.44. The number of hydrogen-bond donors (Lipinski definition) is 1. The Labute approximate surface area is 150 Å². The van der Waals surface area contributed by atoms with E-state index in [-0.39, 0.29) is 18.0 Å². The molecule has 1 saturated heterocycles. The fraction of sp³-hybridized carbons (Fsp3) is 0.316. The van der Waals surface area contributed by atoms with E-state index < -0.39 is 0 Å². The van der Waals surface area contributed by atoms with Crippen LogP contribution < -0.4 is 14.8 Å². The fourth-order valence-electron chi connectivity index (χ4n) is 3.04. The molecule has 1 fully saturated rings. The molecule has 7 heteroatoms. The number of halogens is 1. The first-order chi connectivity index (χ1) is 12.7. The van der Waals surface area contributed by atoms with Gasteiger partial charge in [0.1, 0.15) is 25.1 Å². The molecule has 2 aliphatic heterocycles. The lowest BCUT2D eigenvalue weighted by molar-refractivity contribution is -0.0135. The Kier molecular flexibility index (Phi) is 4.62. The maximum Gasteiger partial charge on any atom is 0.322 e. The average molecular weight is 358 g/mol. The van der Waals surface area contributed by atoms with Crippen molar-refractivity contribution in [3.8, 4) is 11.5 Å². The number of amides is 2. The quantitative estimate of drug-likeness (QED) is 0.896. The second kappa shape index (κ2) is 7.21. The molecule has 2 heterocycles. The number of rotatable bonds is 2. The first-order valence-electron chi connectivity index (χ1n) is 8.52. The highest BCUT2D eigenvalue weighted by molar-refractivity contribution is 5.89. The highest BCUT2D eigenvalue weighted by atomic mass is 19.1. The van der Waals surface area contributed by atoms with Crippen LogP contribution in [0, 0.1) is 5.82 Å². The minimum Gasteiger partial charge on any atom is -0.486 e. The lowest BCUT2D eigenvalue weighted by atomic mass is 10.1. The molecule has 0 radical (unpaired) electrons. The molecule has 0 aromatic heterocycles. The molecule has 0 saturated carbocycles. The predicted molar refractivity (Wildman–Crippen MR) is 93.1 cm³/mol. The summed E-state index contributed by atoms with van der Waals surface area (Å²) in [7, 11) is 0. The van der Waals surface area contributed by atoms with Gasteiger partial charge in [-0.2, -0.15) is 0 Å². The van der Waals surface area contributed by atoms with Crippen LogP contribution in [-0.2, 0) is 4.74 Å². The molecule has 0 spiro atoms. The van der Waals surface area contributed by atoms with Crippen LogP contribution in [0.25, 0.3) is 0 Å². The molecular formula is C19H19FN2O4. The molecule has 1 atom stereocenters. The Balaban J connectivity index is 1.42. The topological polar surface area (TPSA) is 60.0 Å². The minimum absolute atomic E-state index is 0.211. The summed E-state index contributed by atoms with van der Waals surface area (Å²) < 4.78 is 29.8. The SMILES string of the molecule is O=C(Nc1ccc2c(c1)OCCO2)N1CCO[C@@H](c2ccc(F)cc2)C1. The largest absolute Gasteiger partial charge is 0.486 e. The molecule has 26 heavy (non-hydrogen) atoms. The average Bonchev–Trinajstić information content (AvgIpc) is 2.68. The van der Waals surface area contributed by atoms with Gasteiger partial charge < -0.3 is 24.4 Å². The molecule has 2 aromatic rings. The van der Waals surface area contributed by atoms with Gasteiger partial charge in [-0.3, -0.25) is 0 Å². The van der Waals surface area contributed by atoms with E-state index in [0.29, 0.717) is 50.1 Å². The molecule has 6 nitrogen and oxygen atoms in total. The standard InChI is InChI=1S/C19H19FN2O4/c20-14-3-1-13(2-4-14)18-12-22(7-8-24-18)19(23)21-15-5-6-16-17(11-15)26-10-9-25-16/h1-6,11,18H,7-10,12H2,(H,21,23)/t18-/m1/s1. The van der Waals surface area contributed by atoms with Crippen LogP contribution in [0.3, 0.4) is 0 Å². The van der Waals surface area contributed by atoms with Gasteiger partial charge in [-0.1, -0.05) is 12.1 Å². The zero-order valence-electron chi connectivity index (χ0n) is 14.1. The van der Waals surface area contributed by atoms with Crippen molar-refractivity contribution in [3.05, 3.63) is 53.8 Å². The smallest absolute Gasteiger partial charge is 0.322 e. The third kappa shape index (κ3) is 3.57. The van der Waals surface area contributed by atoms with Crippen LogP contribution in [-0.4, -0.2) is 43.8 Å². The van der Waals surface area contributed by atoms with Crippen molar-refractivity contribution < 1.29 is 23.4 Å². The second-order valence-corrected chi connectivity index (χ2v) is 6.15. The number of ether oxygens (including phenoxy) is 3. The summed E-state index contributed by atoms with van der Waals surface area (Å²) in [4.78, 5) is 14.3. The van der Waals surface area contributed by atoms with Gasteiger partial charge in [0.2, 0.25) is 0 Å². The zero-order chi connectivity index (χ0) is 17.9. The van der Waals surface area contributed by atoms with Gasteiger partial charge in [0.15, 0.2) is 11.5 Å². The third-order valence-corrected chi connectivity index (χ3v) is 4.39. The Morgan fingerprint density at radius 3 is 2.62 bits per heavy atom. The van der Waals surface area contributed by atoms with Crippen LogP contribution in [0.4, 0.5) is 14.9 Å². The molecular weight excluding hydrogens is 339 g/mol. The van der Waals surface area contributed by atoms with Crippen molar-refractivity contribution in [1.82, 2.24) is 4.90 Å².